The van der Waals surface area contributed by atoms with E-state index < -0.39 is 0 Å². The van der Waals surface area contributed by atoms with Gasteiger partial charge in [-0.1, -0.05) is 24.3 Å². The molecule has 0 aromatic heterocycles. The van der Waals surface area contributed by atoms with E-state index in [1.54, 1.807) is 0 Å². The second-order valence-electron chi connectivity index (χ2n) is 6.50. The minimum atomic E-state index is 0. The van der Waals surface area contributed by atoms with Gasteiger partial charge in [0.05, 0.1) is 6.54 Å². The summed E-state index contributed by atoms with van der Waals surface area (Å²) in [5.74, 6) is 0.701. The van der Waals surface area contributed by atoms with Gasteiger partial charge < -0.3 is 10.6 Å². The Morgan fingerprint density at radius 1 is 1.17 bits per heavy atom. The molecule has 130 valence electrons. The van der Waals surface area contributed by atoms with E-state index in [0.717, 1.165) is 19.6 Å². The van der Waals surface area contributed by atoms with Crippen LogP contribution in [0.4, 0.5) is 0 Å². The number of rotatable bonds is 5. The first kappa shape index (κ1) is 20.2. The zero-order valence-electron chi connectivity index (χ0n) is 14.7. The molecule has 4 nitrogen and oxygen atoms in total. The maximum Gasteiger partial charge on any atom is 0.191 e. The molecule has 0 aliphatic carbocycles. The highest BCUT2D eigenvalue weighted by Gasteiger charge is 2.12. The summed E-state index contributed by atoms with van der Waals surface area (Å²) >= 11 is 0. The number of hydrogen-bond acceptors (Lipinski definition) is 2. The molecule has 1 saturated heterocycles. The van der Waals surface area contributed by atoms with E-state index in [1.807, 2.05) is 0 Å². The smallest absolute Gasteiger partial charge is 0.191 e. The second-order valence-corrected chi connectivity index (χ2v) is 6.50. The zero-order valence-corrected chi connectivity index (χ0v) is 17.0. The van der Waals surface area contributed by atoms with Gasteiger partial charge in [-0.2, -0.15) is 0 Å². The number of nitrogens with two attached hydrogens (primary N) is 1. The minimum Gasteiger partial charge on any atom is -0.370 e. The van der Waals surface area contributed by atoms with E-state index in [9.17, 15) is 0 Å². The lowest BCUT2D eigenvalue weighted by molar-refractivity contribution is 0.265. The molecule has 0 unspecified atom stereocenters. The Labute approximate surface area is 158 Å². The van der Waals surface area contributed by atoms with Crippen LogP contribution >= 0.6 is 24.0 Å². The van der Waals surface area contributed by atoms with Crippen LogP contribution in [0.2, 0.25) is 0 Å². The Balaban J connectivity index is 0.00000264. The number of nitrogens with zero attached hydrogens (tertiary/aromatic N) is 3. The summed E-state index contributed by atoms with van der Waals surface area (Å²) in [7, 11) is 2.16. The van der Waals surface area contributed by atoms with Gasteiger partial charge in [-0.25, -0.2) is 4.99 Å². The molecule has 0 saturated carbocycles. The molecule has 1 aliphatic rings. The maximum absolute atomic E-state index is 6.16. The highest BCUT2D eigenvalue weighted by Crippen LogP contribution is 2.14. The topological polar surface area (TPSA) is 44.9 Å². The fourth-order valence-corrected chi connectivity index (χ4v) is 2.71. The number of benzene rings is 1. The van der Waals surface area contributed by atoms with Gasteiger partial charge in [0.1, 0.15) is 0 Å². The van der Waals surface area contributed by atoms with Gasteiger partial charge in [0.15, 0.2) is 5.96 Å². The van der Waals surface area contributed by atoms with Crippen LogP contribution in [0.5, 0.6) is 0 Å². The molecular formula is C18H31IN4. The summed E-state index contributed by atoms with van der Waals surface area (Å²) in [6.07, 6.45) is 3.77. The Morgan fingerprint density at radius 3 is 2.39 bits per heavy atom. The van der Waals surface area contributed by atoms with E-state index in [0.29, 0.717) is 18.5 Å². The predicted octanol–water partition coefficient (Wildman–Crippen LogP) is 3.45. The first-order chi connectivity index (χ1) is 10.6. The van der Waals surface area contributed by atoms with E-state index >= 15 is 0 Å². The number of aliphatic imine (C=N–C) groups is 1. The van der Waals surface area contributed by atoms with E-state index in [4.69, 9.17) is 5.73 Å². The third-order valence-electron chi connectivity index (χ3n) is 4.51. The van der Waals surface area contributed by atoms with Gasteiger partial charge in [-0.15, -0.1) is 24.0 Å². The van der Waals surface area contributed by atoms with Crippen LogP contribution < -0.4 is 5.73 Å². The number of halogens is 1. The molecule has 0 radical (unpaired) electrons. The number of hydrogen-bond donors (Lipinski definition) is 1. The molecule has 2 N–H and O–H groups in total. The van der Waals surface area contributed by atoms with Crippen molar-refractivity contribution in [1.82, 2.24) is 9.80 Å². The van der Waals surface area contributed by atoms with Crippen LogP contribution in [0.15, 0.2) is 29.3 Å². The summed E-state index contributed by atoms with van der Waals surface area (Å²) in [4.78, 5) is 9.19. The van der Waals surface area contributed by atoms with Gasteiger partial charge in [-0.3, -0.25) is 4.90 Å². The molecule has 1 fully saturated rings. The lowest BCUT2D eigenvalue weighted by atomic mass is 10.1. The fourth-order valence-electron chi connectivity index (χ4n) is 2.71. The summed E-state index contributed by atoms with van der Waals surface area (Å²) in [5, 5.41) is 0. The lowest BCUT2D eigenvalue weighted by Gasteiger charge is -2.27. The average molecular weight is 430 g/mol. The number of likely N-dealkylation sites (tertiary alicyclic amines) is 1. The fraction of sp³-hybridized carbons (Fsp3) is 0.611. The second kappa shape index (κ2) is 10.1. The van der Waals surface area contributed by atoms with Gasteiger partial charge in [0, 0.05) is 25.7 Å². The molecule has 0 amide bonds. The lowest BCUT2D eigenvalue weighted by Crippen LogP contribution is -2.40. The average Bonchev–Trinajstić information content (AvgIpc) is 2.54. The Morgan fingerprint density at radius 2 is 1.78 bits per heavy atom. The first-order valence-electron chi connectivity index (χ1n) is 8.40. The van der Waals surface area contributed by atoms with Crippen LogP contribution in [0.1, 0.15) is 44.2 Å². The van der Waals surface area contributed by atoms with Crippen molar-refractivity contribution in [1.29, 1.82) is 0 Å². The van der Waals surface area contributed by atoms with Crippen molar-refractivity contribution in [3.8, 4) is 0 Å². The van der Waals surface area contributed by atoms with Crippen LogP contribution in [0.3, 0.4) is 0 Å². The summed E-state index contributed by atoms with van der Waals surface area (Å²) in [6.45, 7) is 8.15. The molecule has 0 bridgehead atoms. The molecule has 2 rings (SSSR count). The van der Waals surface area contributed by atoms with Crippen molar-refractivity contribution < 1.29 is 0 Å². The quantitative estimate of drug-likeness (QED) is 0.442. The van der Waals surface area contributed by atoms with Crippen molar-refractivity contribution >= 4 is 29.9 Å². The van der Waals surface area contributed by atoms with Crippen LogP contribution in [-0.4, -0.2) is 41.9 Å². The van der Waals surface area contributed by atoms with E-state index in [2.05, 4.69) is 60.0 Å². The number of guanidine groups is 1. The SMILES string of the molecule is CC(C)N(C)Cc1ccccc1CN=C(N)N1CCCCC1.I. The third kappa shape index (κ3) is 6.30. The van der Waals surface area contributed by atoms with Crippen molar-refractivity contribution in [3.63, 3.8) is 0 Å². The first-order valence-corrected chi connectivity index (χ1v) is 8.40. The monoisotopic (exact) mass is 430 g/mol. The van der Waals surface area contributed by atoms with Crippen LogP contribution in [0, 0.1) is 0 Å². The zero-order chi connectivity index (χ0) is 15.9. The predicted molar refractivity (Wildman–Crippen MR) is 109 cm³/mol. The van der Waals surface area contributed by atoms with Gasteiger partial charge in [-0.05, 0) is 51.3 Å². The van der Waals surface area contributed by atoms with Crippen molar-refractivity contribution in [2.24, 2.45) is 10.7 Å². The molecule has 5 heteroatoms. The van der Waals surface area contributed by atoms with Gasteiger partial charge in [0.2, 0.25) is 0 Å². The highest BCUT2D eigenvalue weighted by atomic mass is 127. The van der Waals surface area contributed by atoms with Crippen molar-refractivity contribution in [3.05, 3.63) is 35.4 Å². The summed E-state index contributed by atoms with van der Waals surface area (Å²) in [5.41, 5.74) is 8.78. The Bertz CT molecular complexity index is 496. The molecule has 1 aromatic rings. The van der Waals surface area contributed by atoms with Crippen molar-refractivity contribution in [2.45, 2.75) is 52.2 Å². The third-order valence-corrected chi connectivity index (χ3v) is 4.51. The van der Waals surface area contributed by atoms with Gasteiger partial charge >= 0.3 is 0 Å². The Kier molecular flexibility index (Phi) is 8.91. The van der Waals surface area contributed by atoms with Crippen LogP contribution in [-0.2, 0) is 13.1 Å². The molecular weight excluding hydrogens is 399 g/mol. The molecule has 0 atom stereocenters. The van der Waals surface area contributed by atoms with Gasteiger partial charge in [0.25, 0.3) is 0 Å². The minimum absolute atomic E-state index is 0. The summed E-state index contributed by atoms with van der Waals surface area (Å²) in [6, 6.07) is 9.08. The maximum atomic E-state index is 6.16. The Hall–Kier alpha value is -0.820. The normalized spacial score (nSPS) is 15.9. The molecule has 1 heterocycles. The molecule has 23 heavy (non-hydrogen) atoms. The largest absolute Gasteiger partial charge is 0.370 e. The van der Waals surface area contributed by atoms with E-state index in [1.165, 1.54) is 30.4 Å². The molecule has 1 aromatic carbocycles. The van der Waals surface area contributed by atoms with Crippen LogP contribution in [0.25, 0.3) is 0 Å². The van der Waals surface area contributed by atoms with E-state index in [-0.39, 0.29) is 24.0 Å². The molecule has 0 spiro atoms. The highest BCUT2D eigenvalue weighted by molar-refractivity contribution is 14.0. The summed E-state index contributed by atoms with van der Waals surface area (Å²) < 4.78 is 0. The number of piperidine rings is 1. The van der Waals surface area contributed by atoms with Crippen molar-refractivity contribution in [2.75, 3.05) is 20.1 Å². The molecule has 1 aliphatic heterocycles. The standard InChI is InChI=1S/C18H30N4.HI/c1-15(2)21(3)14-17-10-6-5-9-16(17)13-20-18(19)22-11-7-4-8-12-22;/h5-6,9-10,15H,4,7-8,11-14H2,1-3H3,(H2,19,20);1H.